The van der Waals surface area contributed by atoms with Gasteiger partial charge in [-0.15, -0.1) is 11.8 Å². The summed E-state index contributed by atoms with van der Waals surface area (Å²) < 4.78 is 5.74. The molecule has 8 heteroatoms. The van der Waals surface area contributed by atoms with E-state index in [4.69, 9.17) is 39.5 Å². The highest BCUT2D eigenvalue weighted by molar-refractivity contribution is 8.00. The second-order valence-corrected chi connectivity index (χ2v) is 8.42. The molecule has 30 heavy (non-hydrogen) atoms. The lowest BCUT2D eigenvalue weighted by Crippen LogP contribution is -2.19. The fourth-order valence-electron chi connectivity index (χ4n) is 2.41. The fourth-order valence-corrected chi connectivity index (χ4v) is 3.84. The van der Waals surface area contributed by atoms with Crippen LogP contribution >= 0.6 is 46.6 Å². The predicted octanol–water partition coefficient (Wildman–Crippen LogP) is 6.47. The Bertz CT molecular complexity index is 1010. The van der Waals surface area contributed by atoms with Crippen LogP contribution in [0.3, 0.4) is 0 Å². The van der Waals surface area contributed by atoms with Gasteiger partial charge < -0.3 is 4.74 Å². The zero-order chi connectivity index (χ0) is 21.3. The average molecular weight is 480 g/mol. The van der Waals surface area contributed by atoms with Crippen molar-refractivity contribution in [2.24, 2.45) is 5.10 Å². The quantitative estimate of drug-likeness (QED) is 0.229. The van der Waals surface area contributed by atoms with Crippen LogP contribution in [0.5, 0.6) is 5.75 Å². The van der Waals surface area contributed by atoms with Gasteiger partial charge in [-0.05, 0) is 47.5 Å². The predicted molar refractivity (Wildman–Crippen MR) is 125 cm³/mol. The van der Waals surface area contributed by atoms with Crippen LogP contribution in [0.25, 0.3) is 0 Å². The molecule has 0 saturated heterocycles. The first-order chi connectivity index (χ1) is 14.5. The van der Waals surface area contributed by atoms with Crippen LogP contribution in [0.2, 0.25) is 15.1 Å². The van der Waals surface area contributed by atoms with Crippen LogP contribution in [-0.4, -0.2) is 17.9 Å². The molecule has 0 atom stereocenters. The first kappa shape index (κ1) is 22.5. The van der Waals surface area contributed by atoms with Gasteiger partial charge in [0.15, 0.2) is 5.75 Å². The SMILES string of the molecule is O=C(CSc1ccc(Cl)cc1)N/N=C\c1cc(Cl)c(OCc2ccccc2)c(Cl)c1. The molecular formula is C22H17Cl3N2O2S. The smallest absolute Gasteiger partial charge is 0.250 e. The van der Waals surface area contributed by atoms with Crippen molar-refractivity contribution in [3.8, 4) is 5.75 Å². The second kappa shape index (κ2) is 11.3. The lowest BCUT2D eigenvalue weighted by atomic mass is 10.2. The van der Waals surface area contributed by atoms with Crippen molar-refractivity contribution in [3.05, 3.63) is 92.9 Å². The zero-order valence-electron chi connectivity index (χ0n) is 15.6. The van der Waals surface area contributed by atoms with E-state index in [9.17, 15) is 4.79 Å². The number of rotatable bonds is 8. The molecular weight excluding hydrogens is 463 g/mol. The summed E-state index contributed by atoms with van der Waals surface area (Å²) in [5.74, 6) is 0.404. The Balaban J connectivity index is 1.52. The van der Waals surface area contributed by atoms with Crippen molar-refractivity contribution in [1.29, 1.82) is 0 Å². The normalized spacial score (nSPS) is 10.9. The highest BCUT2D eigenvalue weighted by Gasteiger charge is 2.10. The molecule has 0 radical (unpaired) electrons. The van der Waals surface area contributed by atoms with Crippen molar-refractivity contribution in [1.82, 2.24) is 5.43 Å². The number of carbonyl (C=O) groups excluding carboxylic acids is 1. The van der Waals surface area contributed by atoms with Crippen molar-refractivity contribution < 1.29 is 9.53 Å². The largest absolute Gasteiger partial charge is 0.486 e. The molecule has 1 amide bonds. The summed E-state index contributed by atoms with van der Waals surface area (Å²) in [5.41, 5.74) is 4.13. The number of thioether (sulfide) groups is 1. The Morgan fingerprint density at radius 2 is 1.67 bits per heavy atom. The maximum Gasteiger partial charge on any atom is 0.250 e. The minimum absolute atomic E-state index is 0.229. The van der Waals surface area contributed by atoms with Crippen LogP contribution in [0.15, 0.2) is 76.7 Å². The number of carbonyl (C=O) groups is 1. The Labute approximate surface area is 194 Å². The van der Waals surface area contributed by atoms with E-state index < -0.39 is 0 Å². The third kappa shape index (κ3) is 6.96. The van der Waals surface area contributed by atoms with Gasteiger partial charge in [0.25, 0.3) is 0 Å². The van der Waals surface area contributed by atoms with E-state index in [2.05, 4.69) is 10.5 Å². The van der Waals surface area contributed by atoms with E-state index in [0.717, 1.165) is 10.5 Å². The number of nitrogens with one attached hydrogen (secondary N) is 1. The summed E-state index contributed by atoms with van der Waals surface area (Å²) in [7, 11) is 0. The lowest BCUT2D eigenvalue weighted by Gasteiger charge is -2.11. The number of hydrogen-bond donors (Lipinski definition) is 1. The molecule has 0 heterocycles. The van der Waals surface area contributed by atoms with Crippen LogP contribution in [0, 0.1) is 0 Å². The summed E-state index contributed by atoms with van der Waals surface area (Å²) in [4.78, 5) is 12.9. The molecule has 4 nitrogen and oxygen atoms in total. The molecule has 3 aromatic carbocycles. The van der Waals surface area contributed by atoms with Gasteiger partial charge >= 0.3 is 0 Å². The third-order valence-electron chi connectivity index (χ3n) is 3.83. The molecule has 0 unspecified atom stereocenters. The highest BCUT2D eigenvalue weighted by Crippen LogP contribution is 2.34. The van der Waals surface area contributed by atoms with Crippen molar-refractivity contribution in [2.45, 2.75) is 11.5 Å². The number of halogens is 3. The van der Waals surface area contributed by atoms with Crippen molar-refractivity contribution in [3.63, 3.8) is 0 Å². The lowest BCUT2D eigenvalue weighted by molar-refractivity contribution is -0.118. The van der Waals surface area contributed by atoms with Crippen LogP contribution in [0.4, 0.5) is 0 Å². The summed E-state index contributed by atoms with van der Waals surface area (Å²) in [5, 5.41) is 5.34. The van der Waals surface area contributed by atoms with Gasteiger partial charge in [0.05, 0.1) is 22.0 Å². The first-order valence-electron chi connectivity index (χ1n) is 8.87. The fraction of sp³-hybridized carbons (Fsp3) is 0.0909. The standard InChI is InChI=1S/C22H17Cl3N2O2S/c23-17-6-8-18(9-7-17)30-14-21(28)27-26-12-16-10-19(24)22(20(25)11-16)29-13-15-4-2-1-3-5-15/h1-12H,13-14H2,(H,27,28)/b26-12-. The first-order valence-corrected chi connectivity index (χ1v) is 11.0. The average Bonchev–Trinajstić information content (AvgIpc) is 2.73. The Morgan fingerprint density at radius 3 is 2.33 bits per heavy atom. The molecule has 0 saturated carbocycles. The van der Waals surface area contributed by atoms with Gasteiger partial charge in [0, 0.05) is 9.92 Å². The van der Waals surface area contributed by atoms with E-state index in [1.807, 2.05) is 42.5 Å². The molecule has 0 spiro atoms. The summed E-state index contributed by atoms with van der Waals surface area (Å²) >= 11 is 19.8. The molecule has 0 aliphatic rings. The second-order valence-electron chi connectivity index (χ2n) is 6.12. The summed E-state index contributed by atoms with van der Waals surface area (Å²) in [6.45, 7) is 0.356. The Kier molecular flexibility index (Phi) is 8.46. The number of hydrogen-bond acceptors (Lipinski definition) is 4. The number of amides is 1. The molecule has 154 valence electrons. The van der Waals surface area contributed by atoms with Gasteiger partial charge in [-0.2, -0.15) is 5.10 Å². The van der Waals surface area contributed by atoms with E-state index >= 15 is 0 Å². The van der Waals surface area contributed by atoms with Crippen molar-refractivity contribution in [2.75, 3.05) is 5.75 Å². The van der Waals surface area contributed by atoms with Gasteiger partial charge in [-0.1, -0.05) is 65.1 Å². The molecule has 0 aliphatic carbocycles. The molecule has 1 N–H and O–H groups in total. The van der Waals surface area contributed by atoms with Crippen LogP contribution < -0.4 is 10.2 Å². The van der Waals surface area contributed by atoms with E-state index in [1.54, 1.807) is 24.3 Å². The Morgan fingerprint density at radius 1 is 1.00 bits per heavy atom. The molecule has 0 aliphatic heterocycles. The molecule has 0 fully saturated rings. The minimum atomic E-state index is -0.230. The van der Waals surface area contributed by atoms with E-state index in [1.165, 1.54) is 18.0 Å². The molecule has 0 aromatic heterocycles. The maximum atomic E-state index is 11.9. The topological polar surface area (TPSA) is 50.7 Å². The van der Waals surface area contributed by atoms with Gasteiger partial charge in [0.2, 0.25) is 5.91 Å². The highest BCUT2D eigenvalue weighted by atomic mass is 35.5. The Hall–Kier alpha value is -2.18. The molecule has 3 aromatic rings. The monoisotopic (exact) mass is 478 g/mol. The third-order valence-corrected chi connectivity index (χ3v) is 5.66. The minimum Gasteiger partial charge on any atom is -0.486 e. The van der Waals surface area contributed by atoms with Crippen LogP contribution in [0.1, 0.15) is 11.1 Å². The van der Waals surface area contributed by atoms with Gasteiger partial charge in [0.1, 0.15) is 6.61 Å². The number of nitrogens with zero attached hydrogens (tertiary/aromatic N) is 1. The van der Waals surface area contributed by atoms with E-state index in [-0.39, 0.29) is 11.7 Å². The van der Waals surface area contributed by atoms with E-state index in [0.29, 0.717) is 33.0 Å². The zero-order valence-corrected chi connectivity index (χ0v) is 18.7. The van der Waals surface area contributed by atoms with Crippen LogP contribution in [-0.2, 0) is 11.4 Å². The maximum absolute atomic E-state index is 11.9. The van der Waals surface area contributed by atoms with Crippen molar-refractivity contribution >= 4 is 58.7 Å². The number of benzene rings is 3. The van der Waals surface area contributed by atoms with Gasteiger partial charge in [-0.3, -0.25) is 4.79 Å². The number of hydrazone groups is 1. The molecule has 3 rings (SSSR count). The molecule has 0 bridgehead atoms. The number of ether oxygens (including phenoxy) is 1. The summed E-state index contributed by atoms with van der Waals surface area (Å²) in [6, 6.07) is 20.3. The van der Waals surface area contributed by atoms with Gasteiger partial charge in [-0.25, -0.2) is 5.43 Å². The summed E-state index contributed by atoms with van der Waals surface area (Å²) in [6.07, 6.45) is 1.48.